The third kappa shape index (κ3) is 2.03. The number of rotatable bonds is 5. The number of para-hydroxylation sites is 1. The molecular weight excluding hydrogens is 218 g/mol. The van der Waals surface area contributed by atoms with E-state index in [2.05, 4.69) is 0 Å². The van der Waals surface area contributed by atoms with Gasteiger partial charge in [0.2, 0.25) is 0 Å². The van der Waals surface area contributed by atoms with Crippen LogP contribution in [0.15, 0.2) is 24.3 Å². The van der Waals surface area contributed by atoms with Crippen molar-refractivity contribution in [1.82, 2.24) is 4.57 Å². The summed E-state index contributed by atoms with van der Waals surface area (Å²) >= 11 is 0. The number of fused-ring (bicyclic) bond motifs is 1. The molecule has 4 heteroatoms. The summed E-state index contributed by atoms with van der Waals surface area (Å²) in [5.74, 6) is 0.770. The molecule has 0 saturated carbocycles. The first kappa shape index (κ1) is 11.7. The largest absolute Gasteiger partial charge is 0.495 e. The lowest BCUT2D eigenvalue weighted by Crippen LogP contribution is -2.07. The Morgan fingerprint density at radius 1 is 1.35 bits per heavy atom. The van der Waals surface area contributed by atoms with Gasteiger partial charge in [-0.1, -0.05) is 12.1 Å². The van der Waals surface area contributed by atoms with Gasteiger partial charge >= 0.3 is 0 Å². The van der Waals surface area contributed by atoms with E-state index in [0.29, 0.717) is 18.8 Å². The number of methoxy groups -OCH3 is 2. The van der Waals surface area contributed by atoms with Crippen LogP contribution in [0.5, 0.6) is 5.75 Å². The molecule has 0 spiro atoms. The summed E-state index contributed by atoms with van der Waals surface area (Å²) in [5, 5.41) is 1.00. The first-order valence-electron chi connectivity index (χ1n) is 5.42. The zero-order valence-electron chi connectivity index (χ0n) is 9.97. The number of aromatic nitrogens is 1. The van der Waals surface area contributed by atoms with Crippen LogP contribution in [0.1, 0.15) is 10.5 Å². The van der Waals surface area contributed by atoms with E-state index >= 15 is 0 Å². The molecule has 0 fully saturated rings. The summed E-state index contributed by atoms with van der Waals surface area (Å²) in [4.78, 5) is 11.1. The quantitative estimate of drug-likeness (QED) is 0.742. The van der Waals surface area contributed by atoms with E-state index in [0.717, 1.165) is 22.9 Å². The Kier molecular flexibility index (Phi) is 3.44. The molecule has 0 aliphatic heterocycles. The van der Waals surface area contributed by atoms with Crippen molar-refractivity contribution in [3.05, 3.63) is 30.0 Å². The lowest BCUT2D eigenvalue weighted by Gasteiger charge is -2.09. The molecule has 0 saturated heterocycles. The predicted octanol–water partition coefficient (Wildman–Crippen LogP) is 2.11. The molecule has 0 aliphatic rings. The number of ether oxygens (including phenoxy) is 2. The molecule has 90 valence electrons. The van der Waals surface area contributed by atoms with Gasteiger partial charge in [0.25, 0.3) is 0 Å². The van der Waals surface area contributed by atoms with Crippen molar-refractivity contribution in [3.8, 4) is 5.75 Å². The molecule has 0 radical (unpaired) electrons. The maximum absolute atomic E-state index is 11.1. The molecule has 0 unspecified atom stereocenters. The Morgan fingerprint density at radius 2 is 2.18 bits per heavy atom. The molecule has 4 nitrogen and oxygen atoms in total. The van der Waals surface area contributed by atoms with Gasteiger partial charge in [0.05, 0.1) is 24.9 Å². The van der Waals surface area contributed by atoms with Gasteiger partial charge in [-0.2, -0.15) is 0 Å². The molecule has 1 aromatic carbocycles. The third-order valence-electron chi connectivity index (χ3n) is 2.77. The van der Waals surface area contributed by atoms with Gasteiger partial charge in [0.1, 0.15) is 5.75 Å². The summed E-state index contributed by atoms with van der Waals surface area (Å²) in [6.07, 6.45) is 0.856. The van der Waals surface area contributed by atoms with Gasteiger partial charge in [0, 0.05) is 19.0 Å². The zero-order valence-corrected chi connectivity index (χ0v) is 9.97. The Hall–Kier alpha value is -1.81. The van der Waals surface area contributed by atoms with Gasteiger partial charge in [0.15, 0.2) is 6.29 Å². The van der Waals surface area contributed by atoms with Crippen LogP contribution in [0.3, 0.4) is 0 Å². The summed E-state index contributed by atoms with van der Waals surface area (Å²) < 4.78 is 12.3. The molecule has 0 N–H and O–H groups in total. The standard InChI is InChI=1S/C13H15NO3/c1-16-7-6-14-11(9-15)8-10-4-3-5-12(17-2)13(10)14/h3-5,8-9H,6-7H2,1-2H3. The summed E-state index contributed by atoms with van der Waals surface area (Å²) in [7, 11) is 3.27. The van der Waals surface area contributed by atoms with E-state index in [1.165, 1.54) is 0 Å². The number of carbonyl (C=O) groups excluding carboxylic acids is 1. The average molecular weight is 233 g/mol. The monoisotopic (exact) mass is 233 g/mol. The van der Waals surface area contributed by atoms with Crippen LogP contribution in [0.2, 0.25) is 0 Å². The van der Waals surface area contributed by atoms with Crippen molar-refractivity contribution in [2.75, 3.05) is 20.8 Å². The first-order chi connectivity index (χ1) is 8.31. The van der Waals surface area contributed by atoms with Crippen LogP contribution in [-0.2, 0) is 11.3 Å². The highest BCUT2D eigenvalue weighted by molar-refractivity contribution is 5.92. The molecule has 2 aromatic rings. The lowest BCUT2D eigenvalue weighted by molar-refractivity contribution is 0.111. The van der Waals surface area contributed by atoms with Crippen molar-refractivity contribution >= 4 is 17.2 Å². The molecule has 0 bridgehead atoms. The number of nitrogens with zero attached hydrogens (tertiary/aromatic N) is 1. The van der Waals surface area contributed by atoms with Crippen LogP contribution >= 0.6 is 0 Å². The Labute approximate surface area is 99.7 Å². The second-order valence-corrected chi connectivity index (χ2v) is 3.73. The SMILES string of the molecule is COCCn1c(C=O)cc2cccc(OC)c21. The van der Waals surface area contributed by atoms with Gasteiger partial charge in [-0.3, -0.25) is 4.79 Å². The highest BCUT2D eigenvalue weighted by Gasteiger charge is 2.11. The average Bonchev–Trinajstić information content (AvgIpc) is 2.73. The molecule has 2 rings (SSSR count). The van der Waals surface area contributed by atoms with Crippen molar-refractivity contribution < 1.29 is 14.3 Å². The molecule has 1 aromatic heterocycles. The molecule has 0 aliphatic carbocycles. The van der Waals surface area contributed by atoms with E-state index < -0.39 is 0 Å². The number of carbonyl (C=O) groups is 1. The van der Waals surface area contributed by atoms with Gasteiger partial charge in [-0.25, -0.2) is 0 Å². The molecule has 1 heterocycles. The minimum atomic E-state index is 0.558. The van der Waals surface area contributed by atoms with E-state index in [4.69, 9.17) is 9.47 Å². The van der Waals surface area contributed by atoms with E-state index in [1.807, 2.05) is 28.8 Å². The van der Waals surface area contributed by atoms with Crippen molar-refractivity contribution in [2.24, 2.45) is 0 Å². The zero-order chi connectivity index (χ0) is 12.3. The second-order valence-electron chi connectivity index (χ2n) is 3.73. The minimum Gasteiger partial charge on any atom is -0.495 e. The maximum atomic E-state index is 11.1. The maximum Gasteiger partial charge on any atom is 0.166 e. The molecule has 0 atom stereocenters. The van der Waals surface area contributed by atoms with Crippen LogP contribution in [0.25, 0.3) is 10.9 Å². The number of aldehydes is 1. The van der Waals surface area contributed by atoms with Gasteiger partial charge < -0.3 is 14.0 Å². The summed E-state index contributed by atoms with van der Waals surface area (Å²) in [6.45, 7) is 1.19. The smallest absolute Gasteiger partial charge is 0.166 e. The molecule has 0 amide bonds. The number of benzene rings is 1. The Morgan fingerprint density at radius 3 is 2.82 bits per heavy atom. The van der Waals surface area contributed by atoms with Gasteiger partial charge in [-0.15, -0.1) is 0 Å². The third-order valence-corrected chi connectivity index (χ3v) is 2.77. The topological polar surface area (TPSA) is 40.5 Å². The minimum absolute atomic E-state index is 0.558. The highest BCUT2D eigenvalue weighted by atomic mass is 16.5. The van der Waals surface area contributed by atoms with Crippen molar-refractivity contribution in [2.45, 2.75) is 6.54 Å². The normalized spacial score (nSPS) is 10.7. The van der Waals surface area contributed by atoms with Crippen molar-refractivity contribution in [3.63, 3.8) is 0 Å². The summed E-state index contributed by atoms with van der Waals surface area (Å²) in [6, 6.07) is 7.63. The first-order valence-corrected chi connectivity index (χ1v) is 5.42. The number of hydrogen-bond acceptors (Lipinski definition) is 3. The second kappa shape index (κ2) is 5.01. The predicted molar refractivity (Wildman–Crippen MR) is 65.8 cm³/mol. The van der Waals surface area contributed by atoms with Crippen LogP contribution < -0.4 is 4.74 Å². The Balaban J connectivity index is 2.62. The fourth-order valence-corrected chi connectivity index (χ4v) is 2.00. The van der Waals surface area contributed by atoms with E-state index in [9.17, 15) is 4.79 Å². The van der Waals surface area contributed by atoms with Crippen LogP contribution in [-0.4, -0.2) is 31.7 Å². The molecular formula is C13H15NO3. The van der Waals surface area contributed by atoms with Crippen LogP contribution in [0, 0.1) is 0 Å². The van der Waals surface area contributed by atoms with E-state index in [-0.39, 0.29) is 0 Å². The van der Waals surface area contributed by atoms with Crippen molar-refractivity contribution in [1.29, 1.82) is 0 Å². The summed E-state index contributed by atoms with van der Waals surface area (Å²) in [5.41, 5.74) is 1.58. The molecule has 17 heavy (non-hydrogen) atoms. The fourth-order valence-electron chi connectivity index (χ4n) is 2.00. The number of hydrogen-bond donors (Lipinski definition) is 0. The van der Waals surface area contributed by atoms with Gasteiger partial charge in [-0.05, 0) is 12.1 Å². The Bertz CT molecular complexity index is 531. The van der Waals surface area contributed by atoms with Crippen LogP contribution in [0.4, 0.5) is 0 Å². The highest BCUT2D eigenvalue weighted by Crippen LogP contribution is 2.28. The fraction of sp³-hybridized carbons (Fsp3) is 0.308. The van der Waals surface area contributed by atoms with E-state index in [1.54, 1.807) is 14.2 Å². The lowest BCUT2D eigenvalue weighted by atomic mass is 10.2.